The van der Waals surface area contributed by atoms with Crippen LogP contribution < -0.4 is 10.1 Å². The van der Waals surface area contributed by atoms with Crippen molar-refractivity contribution in [3.05, 3.63) is 71.0 Å². The van der Waals surface area contributed by atoms with Crippen molar-refractivity contribution in [3.8, 4) is 11.4 Å². The summed E-state index contributed by atoms with van der Waals surface area (Å²) in [5.74, 6) is -0.0542. The number of amides is 1. The Kier molecular flexibility index (Phi) is 7.07. The van der Waals surface area contributed by atoms with Crippen LogP contribution >= 0.6 is 0 Å². The van der Waals surface area contributed by atoms with E-state index in [-0.39, 0.29) is 13.0 Å². The summed E-state index contributed by atoms with van der Waals surface area (Å²) >= 11 is 0. The van der Waals surface area contributed by atoms with Crippen molar-refractivity contribution in [2.45, 2.75) is 33.6 Å². The Hall–Kier alpha value is -3.61. The van der Waals surface area contributed by atoms with Crippen LogP contribution in [0.15, 0.2) is 48.5 Å². The van der Waals surface area contributed by atoms with E-state index in [9.17, 15) is 9.59 Å². The molecule has 1 aromatic heterocycles. The molecule has 0 saturated carbocycles. The Labute approximate surface area is 182 Å². The fourth-order valence-corrected chi connectivity index (χ4v) is 3.19. The van der Waals surface area contributed by atoms with Crippen LogP contribution in [0.3, 0.4) is 0 Å². The summed E-state index contributed by atoms with van der Waals surface area (Å²) in [4.78, 5) is 24.3. The predicted octanol–water partition coefficient (Wildman–Crippen LogP) is 3.92. The van der Waals surface area contributed by atoms with E-state index in [4.69, 9.17) is 9.47 Å². The highest BCUT2D eigenvalue weighted by atomic mass is 16.5. The van der Waals surface area contributed by atoms with E-state index in [0.717, 1.165) is 28.3 Å². The van der Waals surface area contributed by atoms with E-state index in [2.05, 4.69) is 10.4 Å². The number of anilines is 1. The zero-order valence-corrected chi connectivity index (χ0v) is 18.3. The number of nitrogens with one attached hydrogen (secondary N) is 1. The average Bonchev–Trinajstić information content (AvgIpc) is 3.05. The summed E-state index contributed by atoms with van der Waals surface area (Å²) in [5, 5.41) is 7.33. The maximum absolute atomic E-state index is 12.3. The molecule has 1 N–H and O–H groups in total. The molecule has 31 heavy (non-hydrogen) atoms. The fourth-order valence-electron chi connectivity index (χ4n) is 3.19. The zero-order chi connectivity index (χ0) is 22.4. The van der Waals surface area contributed by atoms with Crippen molar-refractivity contribution in [3.63, 3.8) is 0 Å². The Morgan fingerprint density at radius 2 is 1.68 bits per heavy atom. The number of ether oxygens (including phenoxy) is 2. The molecule has 0 spiro atoms. The quantitative estimate of drug-likeness (QED) is 0.558. The Morgan fingerprint density at radius 1 is 1.00 bits per heavy atom. The van der Waals surface area contributed by atoms with Gasteiger partial charge in [0.15, 0.2) is 6.61 Å². The molecular weight excluding hydrogens is 394 g/mol. The third-order valence-corrected chi connectivity index (χ3v) is 4.98. The van der Waals surface area contributed by atoms with Crippen molar-refractivity contribution >= 4 is 17.6 Å². The topological polar surface area (TPSA) is 82.4 Å². The molecule has 0 atom stereocenters. The standard InChI is InChI=1S/C24H27N3O4/c1-16-5-10-20(11-6-16)27-18(3)24(17(2)26-27)25-22(28)15-31-23(29)14-9-19-7-12-21(30-4)13-8-19/h5-8,10-13H,9,14-15H2,1-4H3,(H,25,28). The molecule has 0 bridgehead atoms. The molecule has 0 aliphatic heterocycles. The minimum absolute atomic E-state index is 0.197. The molecule has 0 fully saturated rings. The van der Waals surface area contributed by atoms with Gasteiger partial charge in [0, 0.05) is 6.42 Å². The second-order valence-electron chi connectivity index (χ2n) is 7.35. The molecule has 0 saturated heterocycles. The number of hydrogen-bond donors (Lipinski definition) is 1. The predicted molar refractivity (Wildman–Crippen MR) is 119 cm³/mol. The number of esters is 1. The van der Waals surface area contributed by atoms with Gasteiger partial charge in [-0.3, -0.25) is 9.59 Å². The molecule has 1 heterocycles. The third-order valence-electron chi connectivity index (χ3n) is 4.98. The lowest BCUT2D eigenvalue weighted by Gasteiger charge is -2.08. The number of carbonyl (C=O) groups excluding carboxylic acids is 2. The van der Waals surface area contributed by atoms with Crippen LogP contribution in [0.1, 0.15) is 28.9 Å². The van der Waals surface area contributed by atoms with Crippen molar-refractivity contribution < 1.29 is 19.1 Å². The van der Waals surface area contributed by atoms with Gasteiger partial charge in [0.2, 0.25) is 0 Å². The minimum Gasteiger partial charge on any atom is -0.497 e. The molecule has 3 aromatic rings. The number of carbonyl (C=O) groups is 2. The zero-order valence-electron chi connectivity index (χ0n) is 18.3. The summed E-state index contributed by atoms with van der Waals surface area (Å²) in [5.41, 5.74) is 5.19. The van der Waals surface area contributed by atoms with Gasteiger partial charge in [-0.25, -0.2) is 4.68 Å². The lowest BCUT2D eigenvalue weighted by Crippen LogP contribution is -2.21. The van der Waals surface area contributed by atoms with Gasteiger partial charge in [0.1, 0.15) is 5.75 Å². The van der Waals surface area contributed by atoms with E-state index >= 15 is 0 Å². The molecular formula is C24H27N3O4. The lowest BCUT2D eigenvalue weighted by atomic mass is 10.1. The van der Waals surface area contributed by atoms with E-state index < -0.39 is 11.9 Å². The number of aryl methyl sites for hydroxylation is 3. The Bertz CT molecular complexity index is 1050. The molecule has 3 rings (SSSR count). The van der Waals surface area contributed by atoms with Gasteiger partial charge in [-0.05, 0) is 57.0 Å². The number of hydrogen-bond acceptors (Lipinski definition) is 5. The van der Waals surface area contributed by atoms with Gasteiger partial charge in [0.05, 0.1) is 29.9 Å². The number of methoxy groups -OCH3 is 1. The van der Waals surface area contributed by atoms with Crippen molar-refractivity contribution in [1.82, 2.24) is 9.78 Å². The number of benzene rings is 2. The molecule has 162 valence electrons. The first kappa shape index (κ1) is 22.1. The number of nitrogens with zero attached hydrogens (tertiary/aromatic N) is 2. The van der Waals surface area contributed by atoms with E-state index in [1.807, 2.05) is 69.3 Å². The van der Waals surface area contributed by atoms with Crippen LogP contribution in [-0.2, 0) is 20.7 Å². The van der Waals surface area contributed by atoms with Gasteiger partial charge >= 0.3 is 5.97 Å². The fraction of sp³-hybridized carbons (Fsp3) is 0.292. The van der Waals surface area contributed by atoms with Gasteiger partial charge in [-0.2, -0.15) is 5.10 Å². The molecule has 2 aromatic carbocycles. The van der Waals surface area contributed by atoms with E-state index in [1.165, 1.54) is 0 Å². The summed E-state index contributed by atoms with van der Waals surface area (Å²) in [6.07, 6.45) is 0.731. The highest BCUT2D eigenvalue weighted by Gasteiger charge is 2.16. The molecule has 0 aliphatic rings. The minimum atomic E-state index is -0.422. The van der Waals surface area contributed by atoms with Crippen LogP contribution in [0.4, 0.5) is 5.69 Å². The van der Waals surface area contributed by atoms with Crippen LogP contribution in [-0.4, -0.2) is 35.4 Å². The van der Waals surface area contributed by atoms with Crippen molar-refractivity contribution in [1.29, 1.82) is 0 Å². The highest BCUT2D eigenvalue weighted by Crippen LogP contribution is 2.23. The van der Waals surface area contributed by atoms with E-state index in [1.54, 1.807) is 11.8 Å². The third kappa shape index (κ3) is 5.72. The molecule has 7 nitrogen and oxygen atoms in total. The summed E-state index contributed by atoms with van der Waals surface area (Å²) in [6, 6.07) is 15.5. The summed E-state index contributed by atoms with van der Waals surface area (Å²) in [7, 11) is 1.61. The molecule has 0 unspecified atom stereocenters. The molecule has 7 heteroatoms. The van der Waals surface area contributed by atoms with Crippen molar-refractivity contribution in [2.24, 2.45) is 0 Å². The molecule has 1 amide bonds. The van der Waals surface area contributed by atoms with Gasteiger partial charge in [0.25, 0.3) is 5.91 Å². The number of rotatable bonds is 8. The normalized spacial score (nSPS) is 10.6. The van der Waals surface area contributed by atoms with Gasteiger partial charge in [-0.1, -0.05) is 29.8 Å². The lowest BCUT2D eigenvalue weighted by molar-refractivity contribution is -0.147. The molecule has 0 aliphatic carbocycles. The summed E-state index contributed by atoms with van der Waals surface area (Å²) < 4.78 is 12.0. The second kappa shape index (κ2) is 9.93. The summed E-state index contributed by atoms with van der Waals surface area (Å²) in [6.45, 7) is 5.40. The largest absolute Gasteiger partial charge is 0.497 e. The Balaban J connectivity index is 1.52. The van der Waals surface area contributed by atoms with Gasteiger partial charge in [-0.15, -0.1) is 0 Å². The number of aromatic nitrogens is 2. The van der Waals surface area contributed by atoms with Crippen LogP contribution in [0.5, 0.6) is 5.75 Å². The maximum Gasteiger partial charge on any atom is 0.306 e. The molecule has 0 radical (unpaired) electrons. The second-order valence-corrected chi connectivity index (χ2v) is 7.35. The SMILES string of the molecule is COc1ccc(CCC(=O)OCC(=O)Nc2c(C)nn(-c3ccc(C)cc3)c2C)cc1. The van der Waals surface area contributed by atoms with Crippen LogP contribution in [0.2, 0.25) is 0 Å². The smallest absolute Gasteiger partial charge is 0.306 e. The monoisotopic (exact) mass is 421 g/mol. The van der Waals surface area contributed by atoms with Gasteiger partial charge < -0.3 is 14.8 Å². The van der Waals surface area contributed by atoms with Crippen LogP contribution in [0, 0.1) is 20.8 Å². The Morgan fingerprint density at radius 3 is 2.32 bits per heavy atom. The van der Waals surface area contributed by atoms with Crippen LogP contribution in [0.25, 0.3) is 5.69 Å². The first-order valence-corrected chi connectivity index (χ1v) is 10.1. The first-order chi connectivity index (χ1) is 14.9. The maximum atomic E-state index is 12.3. The first-order valence-electron chi connectivity index (χ1n) is 10.1. The van der Waals surface area contributed by atoms with Crippen molar-refractivity contribution in [2.75, 3.05) is 19.0 Å². The average molecular weight is 421 g/mol. The van der Waals surface area contributed by atoms with E-state index in [0.29, 0.717) is 17.8 Å². The highest BCUT2D eigenvalue weighted by molar-refractivity contribution is 5.93.